The van der Waals surface area contributed by atoms with Gasteiger partial charge in [0.15, 0.2) is 17.9 Å². The highest BCUT2D eigenvalue weighted by Gasteiger charge is 2.15. The molecule has 0 saturated carbocycles. The lowest BCUT2D eigenvalue weighted by Gasteiger charge is -2.23. The molecule has 1 aliphatic rings. The summed E-state index contributed by atoms with van der Waals surface area (Å²) in [4.78, 5) is 4.06. The quantitative estimate of drug-likeness (QED) is 0.858. The van der Waals surface area contributed by atoms with Gasteiger partial charge in [-0.25, -0.2) is 13.8 Å². The summed E-state index contributed by atoms with van der Waals surface area (Å²) in [6.07, 6.45) is 2.92. The van der Waals surface area contributed by atoms with E-state index in [0.29, 0.717) is 37.2 Å². The Balaban J connectivity index is 1.75. The number of aryl methyl sites for hydroxylation is 1. The molecule has 0 spiro atoms. The Bertz CT molecular complexity index is 579. The van der Waals surface area contributed by atoms with Crippen LogP contribution in [0.5, 0.6) is 0 Å². The zero-order chi connectivity index (χ0) is 13.2. The maximum Gasteiger partial charge on any atom is 0.161 e. The van der Waals surface area contributed by atoms with Crippen molar-refractivity contribution in [2.24, 2.45) is 0 Å². The number of ether oxygens (including phenoxy) is 2. The third-order valence-corrected chi connectivity index (χ3v) is 3.16. The van der Waals surface area contributed by atoms with E-state index in [1.807, 2.05) is 0 Å². The van der Waals surface area contributed by atoms with E-state index in [4.69, 9.17) is 9.47 Å². The van der Waals surface area contributed by atoms with Crippen molar-refractivity contribution in [1.82, 2.24) is 9.55 Å². The van der Waals surface area contributed by atoms with Gasteiger partial charge in [0.25, 0.3) is 0 Å². The monoisotopic (exact) mass is 268 g/mol. The Labute approximate surface area is 108 Å². The molecular weight excluding hydrogens is 254 g/mol. The van der Waals surface area contributed by atoms with Gasteiger partial charge in [-0.2, -0.15) is 0 Å². The molecule has 0 amide bonds. The minimum Gasteiger partial charge on any atom is -0.353 e. The third-order valence-electron chi connectivity index (χ3n) is 3.16. The lowest BCUT2D eigenvalue weighted by atomic mass is 10.3. The predicted molar refractivity (Wildman–Crippen MR) is 64.6 cm³/mol. The summed E-state index contributed by atoms with van der Waals surface area (Å²) in [7, 11) is 0. The summed E-state index contributed by atoms with van der Waals surface area (Å²) in [5.74, 6) is -1.74. The summed E-state index contributed by atoms with van der Waals surface area (Å²) < 4.78 is 39.0. The molecule has 6 heteroatoms. The maximum atomic E-state index is 13.2. The van der Waals surface area contributed by atoms with Crippen LogP contribution in [-0.2, 0) is 16.0 Å². The number of imidazole rings is 1. The van der Waals surface area contributed by atoms with E-state index in [0.717, 1.165) is 12.5 Å². The Kier molecular flexibility index (Phi) is 3.44. The van der Waals surface area contributed by atoms with Crippen molar-refractivity contribution in [3.8, 4) is 0 Å². The summed E-state index contributed by atoms with van der Waals surface area (Å²) in [6.45, 7) is 2.00. The minimum absolute atomic E-state index is 0.225. The molecule has 0 unspecified atom stereocenters. The van der Waals surface area contributed by atoms with Crippen LogP contribution in [0.4, 0.5) is 8.78 Å². The van der Waals surface area contributed by atoms with Gasteiger partial charge in [0.05, 0.1) is 30.6 Å². The summed E-state index contributed by atoms with van der Waals surface area (Å²) in [5, 5.41) is 0. The predicted octanol–water partition coefficient (Wildman–Crippen LogP) is 2.47. The molecule has 0 bridgehead atoms. The van der Waals surface area contributed by atoms with Crippen molar-refractivity contribution in [1.29, 1.82) is 0 Å². The molecule has 1 fully saturated rings. The van der Waals surface area contributed by atoms with Crippen LogP contribution in [0.25, 0.3) is 11.0 Å². The number of hydrogen-bond donors (Lipinski definition) is 0. The first-order chi connectivity index (χ1) is 9.24. The van der Waals surface area contributed by atoms with Crippen molar-refractivity contribution >= 4 is 11.0 Å². The molecule has 2 heterocycles. The van der Waals surface area contributed by atoms with Gasteiger partial charge in [0.1, 0.15) is 0 Å². The van der Waals surface area contributed by atoms with E-state index < -0.39 is 11.6 Å². The van der Waals surface area contributed by atoms with Crippen LogP contribution in [0, 0.1) is 11.6 Å². The lowest BCUT2D eigenvalue weighted by Crippen LogP contribution is -2.25. The van der Waals surface area contributed by atoms with Crippen LogP contribution in [-0.4, -0.2) is 29.1 Å². The summed E-state index contributed by atoms with van der Waals surface area (Å²) in [5.41, 5.74) is 1.03. The van der Waals surface area contributed by atoms with Gasteiger partial charge >= 0.3 is 0 Å². The second-order valence-corrected chi connectivity index (χ2v) is 4.51. The zero-order valence-electron chi connectivity index (χ0n) is 10.3. The van der Waals surface area contributed by atoms with Crippen molar-refractivity contribution < 1.29 is 18.3 Å². The summed E-state index contributed by atoms with van der Waals surface area (Å²) >= 11 is 0. The van der Waals surface area contributed by atoms with E-state index in [1.165, 1.54) is 6.07 Å². The van der Waals surface area contributed by atoms with E-state index in [9.17, 15) is 8.78 Å². The normalized spacial score (nSPS) is 17.2. The molecule has 19 heavy (non-hydrogen) atoms. The highest BCUT2D eigenvalue weighted by Crippen LogP contribution is 2.18. The second kappa shape index (κ2) is 5.22. The fourth-order valence-electron chi connectivity index (χ4n) is 2.18. The number of benzene rings is 1. The number of hydrogen-bond acceptors (Lipinski definition) is 3. The average molecular weight is 268 g/mol. The Hall–Kier alpha value is -1.53. The van der Waals surface area contributed by atoms with E-state index >= 15 is 0 Å². The molecule has 2 aromatic rings. The Morgan fingerprint density at radius 1 is 1.21 bits per heavy atom. The minimum atomic E-state index is -0.878. The molecule has 0 radical (unpaired) electrons. The molecule has 1 aromatic carbocycles. The number of fused-ring (bicyclic) bond motifs is 1. The van der Waals surface area contributed by atoms with Crippen molar-refractivity contribution in [3.63, 3.8) is 0 Å². The van der Waals surface area contributed by atoms with Gasteiger partial charge < -0.3 is 14.0 Å². The lowest BCUT2D eigenvalue weighted by molar-refractivity contribution is -0.182. The largest absolute Gasteiger partial charge is 0.353 e. The topological polar surface area (TPSA) is 36.3 Å². The SMILES string of the molecule is Fc1cc2ncn(CCC3OCCCO3)c2cc1F. The van der Waals surface area contributed by atoms with Crippen LogP contribution >= 0.6 is 0 Å². The van der Waals surface area contributed by atoms with Gasteiger partial charge in [-0.15, -0.1) is 0 Å². The van der Waals surface area contributed by atoms with Crippen molar-refractivity contribution in [2.75, 3.05) is 13.2 Å². The van der Waals surface area contributed by atoms with E-state index in [2.05, 4.69) is 4.98 Å². The average Bonchev–Trinajstić information content (AvgIpc) is 2.80. The van der Waals surface area contributed by atoms with E-state index in [-0.39, 0.29) is 6.29 Å². The highest BCUT2D eigenvalue weighted by atomic mass is 19.2. The standard InChI is InChI=1S/C13H14F2N2O2/c14-9-6-11-12(7-10(9)15)17(8-16-11)3-2-13-18-4-1-5-19-13/h6-8,13H,1-5H2. The van der Waals surface area contributed by atoms with Crippen molar-refractivity contribution in [2.45, 2.75) is 25.7 Å². The van der Waals surface area contributed by atoms with Crippen LogP contribution in [0.15, 0.2) is 18.5 Å². The van der Waals surface area contributed by atoms with E-state index in [1.54, 1.807) is 10.9 Å². The van der Waals surface area contributed by atoms with Crippen molar-refractivity contribution in [3.05, 3.63) is 30.1 Å². The maximum absolute atomic E-state index is 13.2. The van der Waals surface area contributed by atoms with Gasteiger partial charge in [0.2, 0.25) is 0 Å². The van der Waals surface area contributed by atoms with Crippen LogP contribution < -0.4 is 0 Å². The molecule has 102 valence electrons. The van der Waals surface area contributed by atoms with Crippen LogP contribution in [0.3, 0.4) is 0 Å². The summed E-state index contributed by atoms with van der Waals surface area (Å²) in [6, 6.07) is 2.27. The first-order valence-electron chi connectivity index (χ1n) is 6.27. The van der Waals surface area contributed by atoms with Crippen LogP contribution in [0.2, 0.25) is 0 Å². The van der Waals surface area contributed by atoms with Gasteiger partial charge in [-0.05, 0) is 6.42 Å². The number of aromatic nitrogens is 2. The molecule has 4 nitrogen and oxygen atoms in total. The smallest absolute Gasteiger partial charge is 0.161 e. The number of nitrogens with zero attached hydrogens (tertiary/aromatic N) is 2. The molecule has 1 aromatic heterocycles. The fraction of sp³-hybridized carbons (Fsp3) is 0.462. The van der Waals surface area contributed by atoms with Crippen LogP contribution in [0.1, 0.15) is 12.8 Å². The molecule has 1 saturated heterocycles. The second-order valence-electron chi connectivity index (χ2n) is 4.51. The molecule has 0 aliphatic carbocycles. The Morgan fingerprint density at radius 2 is 1.95 bits per heavy atom. The zero-order valence-corrected chi connectivity index (χ0v) is 10.3. The number of rotatable bonds is 3. The Morgan fingerprint density at radius 3 is 2.74 bits per heavy atom. The molecule has 1 aliphatic heterocycles. The van der Waals surface area contributed by atoms with Gasteiger partial charge in [0, 0.05) is 25.1 Å². The molecular formula is C13H14F2N2O2. The first-order valence-corrected chi connectivity index (χ1v) is 6.27. The van der Waals surface area contributed by atoms with Gasteiger partial charge in [-0.3, -0.25) is 0 Å². The third kappa shape index (κ3) is 2.59. The highest BCUT2D eigenvalue weighted by molar-refractivity contribution is 5.75. The molecule has 0 N–H and O–H groups in total. The molecule has 3 rings (SSSR count). The number of halogens is 2. The molecule has 0 atom stereocenters. The van der Waals surface area contributed by atoms with Gasteiger partial charge in [-0.1, -0.05) is 0 Å². The first kappa shape index (κ1) is 12.5. The fourth-order valence-corrected chi connectivity index (χ4v) is 2.18.